The van der Waals surface area contributed by atoms with Crippen molar-refractivity contribution in [1.29, 1.82) is 0 Å². The second-order valence-corrected chi connectivity index (χ2v) is 14.0. The first-order chi connectivity index (χ1) is 24.7. The number of allylic oxidation sites excluding steroid dienone is 4. The van der Waals surface area contributed by atoms with Crippen molar-refractivity contribution in [2.75, 3.05) is 0 Å². The SMILES string of the molecule is CCc1sc2c(ccc3c4ccccc4n(-c4cccc(-c5nc(-c6ccccc6)nc(-c6ccccc6)n5)c4)c32)c1C1C=CC=CC1CC. The quantitative estimate of drug-likeness (QED) is 0.170. The lowest BCUT2D eigenvalue weighted by Gasteiger charge is -2.24. The number of hydrogen-bond donors (Lipinski definition) is 0. The van der Waals surface area contributed by atoms with E-state index in [0.717, 1.165) is 35.2 Å². The first-order valence-corrected chi connectivity index (χ1v) is 18.3. The van der Waals surface area contributed by atoms with Crippen molar-refractivity contribution in [3.05, 3.63) is 156 Å². The van der Waals surface area contributed by atoms with Gasteiger partial charge in [0.05, 0.1) is 15.7 Å². The van der Waals surface area contributed by atoms with Crippen LogP contribution in [0.5, 0.6) is 0 Å². The van der Waals surface area contributed by atoms with Crippen LogP contribution in [0.25, 0.3) is 71.7 Å². The minimum Gasteiger partial charge on any atom is -0.308 e. The molecule has 3 heterocycles. The minimum atomic E-state index is 0.383. The van der Waals surface area contributed by atoms with Gasteiger partial charge in [-0.05, 0) is 47.9 Å². The molecule has 0 saturated carbocycles. The van der Waals surface area contributed by atoms with E-state index in [1.165, 1.54) is 42.3 Å². The molecule has 9 rings (SSSR count). The fourth-order valence-electron chi connectivity index (χ4n) is 7.64. The molecular weight excluding hydrogens is 629 g/mol. The standard InChI is InChI=1S/C45H36N4S/c1-3-29-16-11-12-23-34(29)40-37-27-26-36-35-24-13-14-25-38(35)49(41(36)42(37)50-39(40)4-2)33-22-15-21-32(28-33)45-47-43(30-17-7-5-8-18-30)46-44(48-45)31-19-9-6-10-20-31/h5-29,34H,3-4H2,1-2H3. The van der Waals surface area contributed by atoms with Gasteiger partial charge in [0, 0.05) is 43.9 Å². The maximum Gasteiger partial charge on any atom is 0.164 e. The van der Waals surface area contributed by atoms with Crippen molar-refractivity contribution in [3.8, 4) is 39.9 Å². The number of aromatic nitrogens is 4. The zero-order valence-corrected chi connectivity index (χ0v) is 28.9. The van der Waals surface area contributed by atoms with E-state index < -0.39 is 0 Å². The number of para-hydroxylation sites is 1. The van der Waals surface area contributed by atoms with Crippen molar-refractivity contribution >= 4 is 43.2 Å². The molecule has 4 nitrogen and oxygen atoms in total. The molecule has 8 aromatic rings. The highest BCUT2D eigenvalue weighted by Crippen LogP contribution is 2.47. The number of thiophene rings is 1. The molecule has 0 bridgehead atoms. The fraction of sp³-hybridized carbons (Fsp3) is 0.133. The molecule has 5 heteroatoms. The molecule has 0 N–H and O–H groups in total. The molecule has 0 radical (unpaired) electrons. The zero-order chi connectivity index (χ0) is 33.6. The Morgan fingerprint density at radius 3 is 1.92 bits per heavy atom. The van der Waals surface area contributed by atoms with Crippen molar-refractivity contribution < 1.29 is 0 Å². The van der Waals surface area contributed by atoms with Crippen LogP contribution >= 0.6 is 11.3 Å². The van der Waals surface area contributed by atoms with Crippen LogP contribution in [0.3, 0.4) is 0 Å². The Balaban J connectivity index is 1.27. The van der Waals surface area contributed by atoms with Gasteiger partial charge in [-0.1, -0.05) is 141 Å². The summed E-state index contributed by atoms with van der Waals surface area (Å²) in [6.45, 7) is 4.61. The van der Waals surface area contributed by atoms with Gasteiger partial charge < -0.3 is 4.57 Å². The average Bonchev–Trinajstić information content (AvgIpc) is 3.74. The predicted octanol–water partition coefficient (Wildman–Crippen LogP) is 12.0. The summed E-state index contributed by atoms with van der Waals surface area (Å²) in [6, 6.07) is 42.5. The summed E-state index contributed by atoms with van der Waals surface area (Å²) in [5, 5.41) is 3.91. The molecule has 242 valence electrons. The van der Waals surface area contributed by atoms with E-state index in [9.17, 15) is 0 Å². The second-order valence-electron chi connectivity index (χ2n) is 12.9. The van der Waals surface area contributed by atoms with Gasteiger partial charge in [0.1, 0.15) is 0 Å². The van der Waals surface area contributed by atoms with Gasteiger partial charge in [-0.2, -0.15) is 0 Å². The molecule has 0 fully saturated rings. The number of hydrogen-bond acceptors (Lipinski definition) is 4. The van der Waals surface area contributed by atoms with E-state index in [4.69, 9.17) is 15.0 Å². The van der Waals surface area contributed by atoms with Crippen LogP contribution in [0.2, 0.25) is 0 Å². The van der Waals surface area contributed by atoms with Crippen molar-refractivity contribution in [2.45, 2.75) is 32.6 Å². The minimum absolute atomic E-state index is 0.383. The number of nitrogens with zero attached hydrogens (tertiary/aromatic N) is 4. The molecule has 3 aromatic heterocycles. The fourth-order valence-corrected chi connectivity index (χ4v) is 8.98. The Labute approximate surface area is 296 Å². The summed E-state index contributed by atoms with van der Waals surface area (Å²) in [5.41, 5.74) is 7.91. The lowest BCUT2D eigenvalue weighted by molar-refractivity contribution is 0.560. The van der Waals surface area contributed by atoms with Gasteiger partial charge in [-0.25, -0.2) is 15.0 Å². The molecule has 0 aliphatic heterocycles. The van der Waals surface area contributed by atoms with Crippen molar-refractivity contribution in [3.63, 3.8) is 0 Å². The highest BCUT2D eigenvalue weighted by Gasteiger charge is 2.27. The summed E-state index contributed by atoms with van der Waals surface area (Å²) in [4.78, 5) is 16.5. The normalized spacial score (nSPS) is 15.8. The molecule has 1 aliphatic carbocycles. The maximum absolute atomic E-state index is 5.05. The third kappa shape index (κ3) is 5.08. The topological polar surface area (TPSA) is 43.6 Å². The second kappa shape index (κ2) is 12.7. The molecule has 5 aromatic carbocycles. The lowest BCUT2D eigenvalue weighted by atomic mass is 9.80. The van der Waals surface area contributed by atoms with E-state index in [1.807, 2.05) is 47.7 Å². The maximum atomic E-state index is 5.05. The molecule has 0 saturated heterocycles. The smallest absolute Gasteiger partial charge is 0.164 e. The number of aryl methyl sites for hydroxylation is 1. The van der Waals surface area contributed by atoms with Crippen LogP contribution in [0.1, 0.15) is 36.6 Å². The Kier molecular flexibility index (Phi) is 7.70. The number of rotatable bonds is 7. The van der Waals surface area contributed by atoms with Gasteiger partial charge in [0.2, 0.25) is 0 Å². The van der Waals surface area contributed by atoms with E-state index in [2.05, 4.69) is 128 Å². The van der Waals surface area contributed by atoms with E-state index in [0.29, 0.717) is 29.3 Å². The van der Waals surface area contributed by atoms with Crippen LogP contribution in [-0.4, -0.2) is 19.5 Å². The third-order valence-corrected chi connectivity index (χ3v) is 11.4. The van der Waals surface area contributed by atoms with Crippen LogP contribution in [0.4, 0.5) is 0 Å². The Bertz CT molecular complexity index is 2520. The largest absolute Gasteiger partial charge is 0.308 e. The number of fused-ring (bicyclic) bond motifs is 5. The molecule has 50 heavy (non-hydrogen) atoms. The van der Waals surface area contributed by atoms with Gasteiger partial charge in [-0.15, -0.1) is 11.3 Å². The molecule has 0 spiro atoms. The molecule has 2 atom stereocenters. The summed E-state index contributed by atoms with van der Waals surface area (Å²) >= 11 is 1.97. The van der Waals surface area contributed by atoms with Gasteiger partial charge in [-0.3, -0.25) is 0 Å². The highest BCUT2D eigenvalue weighted by molar-refractivity contribution is 7.20. The first-order valence-electron chi connectivity index (χ1n) is 17.5. The van der Waals surface area contributed by atoms with Crippen LogP contribution in [0, 0.1) is 5.92 Å². The Morgan fingerprint density at radius 1 is 0.600 bits per heavy atom. The lowest BCUT2D eigenvalue weighted by Crippen LogP contribution is -2.11. The number of benzene rings is 5. The summed E-state index contributed by atoms with van der Waals surface area (Å²) in [5.74, 6) is 2.86. The third-order valence-electron chi connectivity index (χ3n) is 10.0. The van der Waals surface area contributed by atoms with Gasteiger partial charge >= 0.3 is 0 Å². The molecule has 1 aliphatic rings. The van der Waals surface area contributed by atoms with Gasteiger partial charge in [0.15, 0.2) is 17.5 Å². The zero-order valence-electron chi connectivity index (χ0n) is 28.1. The van der Waals surface area contributed by atoms with E-state index in [1.54, 1.807) is 0 Å². The van der Waals surface area contributed by atoms with Crippen molar-refractivity contribution in [2.24, 2.45) is 5.92 Å². The summed E-state index contributed by atoms with van der Waals surface area (Å²) in [7, 11) is 0. The van der Waals surface area contributed by atoms with Crippen LogP contribution in [-0.2, 0) is 6.42 Å². The summed E-state index contributed by atoms with van der Waals surface area (Å²) < 4.78 is 3.81. The van der Waals surface area contributed by atoms with Gasteiger partial charge in [0.25, 0.3) is 0 Å². The van der Waals surface area contributed by atoms with E-state index >= 15 is 0 Å². The Hall–Kier alpha value is -5.65. The Morgan fingerprint density at radius 2 is 1.22 bits per heavy atom. The van der Waals surface area contributed by atoms with E-state index in [-0.39, 0.29) is 0 Å². The first kappa shape index (κ1) is 30.4. The average molecular weight is 665 g/mol. The van der Waals surface area contributed by atoms with Crippen LogP contribution in [0.15, 0.2) is 146 Å². The monoisotopic (exact) mass is 664 g/mol. The molecular formula is C45H36N4S. The molecule has 2 unspecified atom stereocenters. The molecule has 0 amide bonds. The highest BCUT2D eigenvalue weighted by atomic mass is 32.1. The van der Waals surface area contributed by atoms with Crippen LogP contribution < -0.4 is 0 Å². The predicted molar refractivity (Wildman–Crippen MR) is 210 cm³/mol. The summed E-state index contributed by atoms with van der Waals surface area (Å²) in [6.07, 6.45) is 11.4. The van der Waals surface area contributed by atoms with Crippen molar-refractivity contribution in [1.82, 2.24) is 19.5 Å².